The van der Waals surface area contributed by atoms with Crippen LogP contribution in [0, 0.1) is 5.82 Å². The maximum Gasteiger partial charge on any atom is 0.257 e. The van der Waals surface area contributed by atoms with Crippen molar-refractivity contribution >= 4 is 11.9 Å². The highest BCUT2D eigenvalue weighted by Gasteiger charge is 2.35. The van der Waals surface area contributed by atoms with Crippen LogP contribution in [0.15, 0.2) is 42.7 Å². The van der Waals surface area contributed by atoms with Crippen LogP contribution < -0.4 is 4.90 Å². The van der Waals surface area contributed by atoms with Crippen molar-refractivity contribution in [2.24, 2.45) is 7.05 Å². The van der Waals surface area contributed by atoms with E-state index in [1.165, 1.54) is 6.07 Å². The first-order valence-electron chi connectivity index (χ1n) is 10.8. The number of aromatic nitrogens is 4. The molecule has 0 radical (unpaired) electrons. The highest BCUT2D eigenvalue weighted by Crippen LogP contribution is 2.37. The molecule has 160 valence electrons. The first-order chi connectivity index (χ1) is 15.1. The summed E-state index contributed by atoms with van der Waals surface area (Å²) in [6.07, 6.45) is 7.67. The summed E-state index contributed by atoms with van der Waals surface area (Å²) in [5.41, 5.74) is 2.59. The SMILES string of the molecule is Cn1cc(-c2ccnc(N3CCCC3)n2)c([C@@H]2CCCN2C(=O)c2ccccc2F)n1. The topological polar surface area (TPSA) is 67.2 Å². The Labute approximate surface area is 180 Å². The van der Waals surface area contributed by atoms with Crippen LogP contribution in [0.4, 0.5) is 10.3 Å². The molecular weight excluding hydrogens is 395 g/mol. The Balaban J connectivity index is 1.50. The zero-order chi connectivity index (χ0) is 21.4. The number of aryl methyl sites for hydroxylation is 1. The van der Waals surface area contributed by atoms with E-state index >= 15 is 0 Å². The predicted molar refractivity (Wildman–Crippen MR) is 115 cm³/mol. The maximum absolute atomic E-state index is 14.3. The lowest BCUT2D eigenvalue weighted by atomic mass is 10.0. The zero-order valence-corrected chi connectivity index (χ0v) is 17.5. The number of carbonyl (C=O) groups is 1. The Kier molecular flexibility index (Phi) is 5.13. The number of amides is 1. The average Bonchev–Trinajstić information content (AvgIpc) is 3.54. The van der Waals surface area contributed by atoms with Crippen LogP contribution in [0.2, 0.25) is 0 Å². The van der Waals surface area contributed by atoms with Crippen LogP contribution in [0.1, 0.15) is 47.8 Å². The molecule has 0 spiro atoms. The van der Waals surface area contributed by atoms with Crippen molar-refractivity contribution < 1.29 is 9.18 Å². The van der Waals surface area contributed by atoms with Gasteiger partial charge in [0.05, 0.1) is 23.0 Å². The van der Waals surface area contributed by atoms with Crippen molar-refractivity contribution in [2.45, 2.75) is 31.7 Å². The molecule has 0 aliphatic carbocycles. The third-order valence-electron chi connectivity index (χ3n) is 6.10. The number of anilines is 1. The van der Waals surface area contributed by atoms with Gasteiger partial charge in [-0.3, -0.25) is 9.48 Å². The molecule has 1 atom stereocenters. The van der Waals surface area contributed by atoms with Crippen LogP contribution in [-0.4, -0.2) is 50.2 Å². The van der Waals surface area contributed by atoms with E-state index < -0.39 is 5.82 Å². The second-order valence-electron chi connectivity index (χ2n) is 8.17. The summed E-state index contributed by atoms with van der Waals surface area (Å²) in [6.45, 7) is 2.52. The normalized spacial score (nSPS) is 18.7. The molecule has 2 aliphatic rings. The summed E-state index contributed by atoms with van der Waals surface area (Å²) in [6, 6.07) is 7.82. The van der Waals surface area contributed by atoms with E-state index in [2.05, 4.69) is 9.88 Å². The van der Waals surface area contributed by atoms with Crippen molar-refractivity contribution in [1.82, 2.24) is 24.6 Å². The first kappa shape index (κ1) is 19.7. The lowest BCUT2D eigenvalue weighted by Gasteiger charge is -2.24. The quantitative estimate of drug-likeness (QED) is 0.645. The van der Waals surface area contributed by atoms with Gasteiger partial charge in [0.1, 0.15) is 5.82 Å². The molecule has 1 aromatic carbocycles. The fourth-order valence-electron chi connectivity index (χ4n) is 4.60. The fourth-order valence-corrected chi connectivity index (χ4v) is 4.60. The van der Waals surface area contributed by atoms with Crippen LogP contribution in [0.5, 0.6) is 0 Å². The summed E-state index contributed by atoms with van der Waals surface area (Å²) in [4.78, 5) is 26.4. The Morgan fingerprint density at radius 3 is 2.71 bits per heavy atom. The molecule has 0 bridgehead atoms. The van der Waals surface area contributed by atoms with E-state index in [0.717, 1.165) is 61.7 Å². The molecule has 1 amide bonds. The van der Waals surface area contributed by atoms with Crippen molar-refractivity contribution in [3.05, 3.63) is 59.8 Å². The molecule has 3 aromatic rings. The minimum Gasteiger partial charge on any atom is -0.341 e. The molecule has 2 aromatic heterocycles. The zero-order valence-electron chi connectivity index (χ0n) is 17.5. The third kappa shape index (κ3) is 3.66. The molecule has 0 unspecified atom stereocenters. The number of rotatable bonds is 4. The van der Waals surface area contributed by atoms with Gasteiger partial charge in [-0.25, -0.2) is 14.4 Å². The molecule has 4 heterocycles. The fraction of sp³-hybridized carbons (Fsp3) is 0.391. The third-order valence-corrected chi connectivity index (χ3v) is 6.10. The molecule has 2 fully saturated rings. The lowest BCUT2D eigenvalue weighted by Crippen LogP contribution is -2.31. The van der Waals surface area contributed by atoms with Gasteiger partial charge in [0.15, 0.2) is 0 Å². The second kappa shape index (κ2) is 8.09. The van der Waals surface area contributed by atoms with Gasteiger partial charge in [0.25, 0.3) is 5.91 Å². The van der Waals surface area contributed by atoms with E-state index in [0.29, 0.717) is 6.54 Å². The molecule has 31 heavy (non-hydrogen) atoms. The van der Waals surface area contributed by atoms with Crippen molar-refractivity contribution in [3.8, 4) is 11.3 Å². The van der Waals surface area contributed by atoms with E-state index in [1.54, 1.807) is 34.0 Å². The largest absolute Gasteiger partial charge is 0.341 e. The van der Waals surface area contributed by atoms with Crippen molar-refractivity contribution in [2.75, 3.05) is 24.5 Å². The van der Waals surface area contributed by atoms with Crippen molar-refractivity contribution in [3.63, 3.8) is 0 Å². The minimum atomic E-state index is -0.495. The van der Waals surface area contributed by atoms with E-state index in [9.17, 15) is 9.18 Å². The standard InChI is InChI=1S/C23H25FN6O/c1-28-15-17(19-10-11-25-23(26-19)29-12-4-5-13-29)21(27-28)20-9-6-14-30(20)22(31)16-7-2-3-8-18(16)24/h2-3,7-8,10-11,15,20H,4-6,9,12-14H2,1H3/t20-/m0/s1. The van der Waals surface area contributed by atoms with Gasteiger partial charge in [-0.05, 0) is 43.9 Å². The molecule has 5 rings (SSSR count). The van der Waals surface area contributed by atoms with Gasteiger partial charge in [0, 0.05) is 44.6 Å². The molecular formula is C23H25FN6O. The van der Waals surface area contributed by atoms with Gasteiger partial charge in [0.2, 0.25) is 5.95 Å². The highest BCUT2D eigenvalue weighted by atomic mass is 19.1. The predicted octanol–water partition coefficient (Wildman–Crippen LogP) is 3.59. The summed E-state index contributed by atoms with van der Waals surface area (Å²) in [5, 5.41) is 4.70. The van der Waals surface area contributed by atoms with Crippen LogP contribution in [0.25, 0.3) is 11.3 Å². The maximum atomic E-state index is 14.3. The lowest BCUT2D eigenvalue weighted by molar-refractivity contribution is 0.0728. The van der Waals surface area contributed by atoms with Gasteiger partial charge < -0.3 is 9.80 Å². The van der Waals surface area contributed by atoms with E-state index in [4.69, 9.17) is 10.1 Å². The monoisotopic (exact) mass is 420 g/mol. The Bertz CT molecular complexity index is 1110. The van der Waals surface area contributed by atoms with Gasteiger partial charge in [-0.2, -0.15) is 5.10 Å². The summed E-state index contributed by atoms with van der Waals surface area (Å²) in [5.74, 6) is -0.0568. The van der Waals surface area contributed by atoms with E-state index in [-0.39, 0.29) is 17.5 Å². The smallest absolute Gasteiger partial charge is 0.257 e. The number of likely N-dealkylation sites (tertiary alicyclic amines) is 1. The first-order valence-corrected chi connectivity index (χ1v) is 10.8. The highest BCUT2D eigenvalue weighted by molar-refractivity contribution is 5.95. The molecule has 0 N–H and O–H groups in total. The van der Waals surface area contributed by atoms with Crippen LogP contribution >= 0.6 is 0 Å². The van der Waals surface area contributed by atoms with Gasteiger partial charge >= 0.3 is 0 Å². The van der Waals surface area contributed by atoms with Crippen molar-refractivity contribution in [1.29, 1.82) is 0 Å². The Morgan fingerprint density at radius 2 is 1.90 bits per heavy atom. The van der Waals surface area contributed by atoms with Crippen LogP contribution in [0.3, 0.4) is 0 Å². The Hall–Kier alpha value is -3.29. The van der Waals surface area contributed by atoms with Gasteiger partial charge in [-0.1, -0.05) is 12.1 Å². The number of benzene rings is 1. The number of halogens is 1. The molecule has 8 heteroatoms. The number of nitrogens with zero attached hydrogens (tertiary/aromatic N) is 6. The summed E-state index contributed by atoms with van der Waals surface area (Å²) >= 11 is 0. The molecule has 2 saturated heterocycles. The number of hydrogen-bond donors (Lipinski definition) is 0. The molecule has 7 nitrogen and oxygen atoms in total. The average molecular weight is 420 g/mol. The second-order valence-corrected chi connectivity index (χ2v) is 8.17. The Morgan fingerprint density at radius 1 is 1.10 bits per heavy atom. The van der Waals surface area contributed by atoms with E-state index in [1.807, 2.05) is 19.3 Å². The molecule has 0 saturated carbocycles. The number of carbonyl (C=O) groups excluding carboxylic acids is 1. The van der Waals surface area contributed by atoms with Gasteiger partial charge in [-0.15, -0.1) is 0 Å². The number of hydrogen-bond acceptors (Lipinski definition) is 5. The summed E-state index contributed by atoms with van der Waals surface area (Å²) in [7, 11) is 1.87. The molecule has 2 aliphatic heterocycles. The summed E-state index contributed by atoms with van der Waals surface area (Å²) < 4.78 is 16.0. The van der Waals surface area contributed by atoms with Crippen LogP contribution in [-0.2, 0) is 7.05 Å². The minimum absolute atomic E-state index is 0.102.